The molecular weight excluding hydrogens is 520 g/mol. The minimum absolute atomic E-state index is 0.163. The molecule has 0 saturated heterocycles. The number of hydrogen-bond donors (Lipinski definition) is 2. The van der Waals surface area contributed by atoms with Crippen molar-refractivity contribution >= 4 is 46.7 Å². The average molecular weight is 529 g/mol. The SMILES string of the molecule is Fc1ccc(Nc2nc(Cl)nc(N/N=C/c3ccc(OC(F)(F)F)nc3)c2Cl)cc1C(F)(F)F. The third kappa shape index (κ3) is 6.81. The number of pyridine rings is 1. The summed E-state index contributed by atoms with van der Waals surface area (Å²) in [6.07, 6.45) is -7.62. The van der Waals surface area contributed by atoms with E-state index in [1.54, 1.807) is 0 Å². The molecule has 34 heavy (non-hydrogen) atoms. The van der Waals surface area contributed by atoms with Gasteiger partial charge in [0.25, 0.3) is 0 Å². The van der Waals surface area contributed by atoms with Crippen LogP contribution in [0.1, 0.15) is 11.1 Å². The third-order valence-electron chi connectivity index (χ3n) is 3.72. The Hall–Kier alpha value is -3.39. The molecule has 7 nitrogen and oxygen atoms in total. The molecule has 0 aliphatic heterocycles. The Balaban J connectivity index is 1.76. The van der Waals surface area contributed by atoms with Crippen LogP contribution in [0.25, 0.3) is 0 Å². The van der Waals surface area contributed by atoms with Crippen LogP contribution in [0.2, 0.25) is 10.3 Å². The Morgan fingerprint density at radius 2 is 1.68 bits per heavy atom. The molecule has 0 bridgehead atoms. The standard InChI is InChI=1S/C18H9Cl2F7N6O/c19-13-14(30-9-2-3-11(21)10(5-9)17(22,23)24)31-16(20)32-15(13)33-29-7-8-1-4-12(28-6-8)34-18(25,26)27/h1-7H,(H2,30,31,32,33)/b29-7+. The molecule has 0 aliphatic rings. The fourth-order valence-corrected chi connectivity index (χ4v) is 2.69. The zero-order valence-corrected chi connectivity index (χ0v) is 17.7. The molecule has 0 atom stereocenters. The van der Waals surface area contributed by atoms with Gasteiger partial charge < -0.3 is 10.1 Å². The van der Waals surface area contributed by atoms with Crippen molar-refractivity contribution in [1.29, 1.82) is 0 Å². The van der Waals surface area contributed by atoms with Crippen molar-refractivity contribution in [2.75, 3.05) is 10.7 Å². The van der Waals surface area contributed by atoms with Gasteiger partial charge in [0.2, 0.25) is 11.2 Å². The maximum absolute atomic E-state index is 13.5. The molecule has 0 fully saturated rings. The van der Waals surface area contributed by atoms with E-state index in [4.69, 9.17) is 23.2 Å². The molecule has 0 saturated carbocycles. The van der Waals surface area contributed by atoms with Crippen LogP contribution in [-0.2, 0) is 6.18 Å². The van der Waals surface area contributed by atoms with Crippen LogP contribution in [0.5, 0.6) is 5.88 Å². The second-order valence-corrected chi connectivity index (χ2v) is 6.88. The number of halogens is 9. The average Bonchev–Trinajstić information content (AvgIpc) is 2.72. The molecule has 0 unspecified atom stereocenters. The Bertz CT molecular complexity index is 1200. The number of hydrazone groups is 1. The number of rotatable bonds is 6. The first-order chi connectivity index (χ1) is 15.8. The first-order valence-electron chi connectivity index (χ1n) is 8.69. The van der Waals surface area contributed by atoms with Gasteiger partial charge in [-0.15, -0.1) is 13.2 Å². The number of alkyl halides is 6. The van der Waals surface area contributed by atoms with Crippen LogP contribution >= 0.6 is 23.2 Å². The number of hydrogen-bond acceptors (Lipinski definition) is 7. The first-order valence-corrected chi connectivity index (χ1v) is 9.45. The van der Waals surface area contributed by atoms with Gasteiger partial charge in [-0.1, -0.05) is 11.6 Å². The van der Waals surface area contributed by atoms with E-state index in [-0.39, 0.29) is 33.2 Å². The molecule has 0 aliphatic carbocycles. The second-order valence-electron chi connectivity index (χ2n) is 6.17. The van der Waals surface area contributed by atoms with Gasteiger partial charge in [-0.3, -0.25) is 5.43 Å². The fourth-order valence-electron chi connectivity index (χ4n) is 2.35. The van der Waals surface area contributed by atoms with Crippen LogP contribution in [0.15, 0.2) is 41.6 Å². The first kappa shape index (κ1) is 25.2. The number of anilines is 3. The molecule has 180 valence electrons. The molecule has 2 N–H and O–H groups in total. The van der Waals surface area contributed by atoms with Gasteiger partial charge in [-0.05, 0) is 35.9 Å². The molecule has 2 heterocycles. The highest BCUT2D eigenvalue weighted by atomic mass is 35.5. The van der Waals surface area contributed by atoms with Crippen molar-refractivity contribution in [2.24, 2.45) is 5.10 Å². The summed E-state index contributed by atoms with van der Waals surface area (Å²) in [5.41, 5.74) is 0.985. The summed E-state index contributed by atoms with van der Waals surface area (Å²) in [4.78, 5) is 11.0. The van der Waals surface area contributed by atoms with Gasteiger partial charge in [-0.25, -0.2) is 9.37 Å². The quantitative estimate of drug-likeness (QED) is 0.166. The predicted molar refractivity (Wildman–Crippen MR) is 109 cm³/mol. The molecule has 0 amide bonds. The minimum Gasteiger partial charge on any atom is -0.388 e. The molecule has 2 aromatic heterocycles. The van der Waals surface area contributed by atoms with Crippen molar-refractivity contribution in [2.45, 2.75) is 12.5 Å². The summed E-state index contributed by atoms with van der Waals surface area (Å²) < 4.78 is 92.4. The molecule has 1 aromatic carbocycles. The van der Waals surface area contributed by atoms with E-state index >= 15 is 0 Å². The van der Waals surface area contributed by atoms with Gasteiger partial charge in [0.15, 0.2) is 11.6 Å². The van der Waals surface area contributed by atoms with E-state index < -0.39 is 29.8 Å². The zero-order chi connectivity index (χ0) is 25.1. The van der Waals surface area contributed by atoms with Crippen molar-refractivity contribution in [1.82, 2.24) is 15.0 Å². The molecule has 3 aromatic rings. The number of benzene rings is 1. The summed E-state index contributed by atoms with van der Waals surface area (Å²) in [6, 6.07) is 4.36. The Morgan fingerprint density at radius 3 is 2.29 bits per heavy atom. The molecular formula is C18H9Cl2F7N6O. The molecule has 0 spiro atoms. The molecule has 3 rings (SSSR count). The van der Waals surface area contributed by atoms with Crippen LogP contribution in [0.3, 0.4) is 0 Å². The Labute approximate surface area is 195 Å². The zero-order valence-electron chi connectivity index (χ0n) is 16.1. The van der Waals surface area contributed by atoms with E-state index in [1.165, 1.54) is 6.07 Å². The van der Waals surface area contributed by atoms with E-state index in [0.717, 1.165) is 24.5 Å². The Kier molecular flexibility index (Phi) is 7.31. The number of ether oxygens (including phenoxy) is 1. The van der Waals surface area contributed by atoms with Crippen LogP contribution < -0.4 is 15.5 Å². The predicted octanol–water partition coefficient (Wildman–Crippen LogP) is 6.42. The lowest BCUT2D eigenvalue weighted by atomic mass is 10.2. The van der Waals surface area contributed by atoms with Gasteiger partial charge in [0, 0.05) is 23.5 Å². The van der Waals surface area contributed by atoms with Gasteiger partial charge in [0.05, 0.1) is 11.8 Å². The number of nitrogens with one attached hydrogen (secondary N) is 2. The second kappa shape index (κ2) is 9.85. The van der Waals surface area contributed by atoms with E-state index in [2.05, 4.69) is 35.5 Å². The maximum Gasteiger partial charge on any atom is 0.574 e. The summed E-state index contributed by atoms with van der Waals surface area (Å²) in [5.74, 6) is -2.51. The van der Waals surface area contributed by atoms with Crippen molar-refractivity contribution < 1.29 is 35.5 Å². The summed E-state index contributed by atoms with van der Waals surface area (Å²) in [6.45, 7) is 0. The lowest BCUT2D eigenvalue weighted by Gasteiger charge is -2.13. The minimum atomic E-state index is -4.93. The fraction of sp³-hybridized carbons (Fsp3) is 0.111. The van der Waals surface area contributed by atoms with Crippen molar-refractivity contribution in [3.63, 3.8) is 0 Å². The molecule has 0 radical (unpaired) electrons. The summed E-state index contributed by atoms with van der Waals surface area (Å²) >= 11 is 12.0. The van der Waals surface area contributed by atoms with Crippen LogP contribution in [0.4, 0.5) is 48.1 Å². The van der Waals surface area contributed by atoms with E-state index in [9.17, 15) is 30.7 Å². The van der Waals surface area contributed by atoms with Gasteiger partial charge >= 0.3 is 12.5 Å². The van der Waals surface area contributed by atoms with E-state index in [1.807, 2.05) is 0 Å². The monoisotopic (exact) mass is 528 g/mol. The highest BCUT2D eigenvalue weighted by Crippen LogP contribution is 2.35. The highest BCUT2D eigenvalue weighted by Gasteiger charge is 2.34. The van der Waals surface area contributed by atoms with Crippen molar-refractivity contribution in [3.05, 3.63) is 63.8 Å². The highest BCUT2D eigenvalue weighted by molar-refractivity contribution is 6.36. The topological polar surface area (TPSA) is 84.3 Å². The smallest absolute Gasteiger partial charge is 0.388 e. The van der Waals surface area contributed by atoms with Gasteiger partial charge in [0.1, 0.15) is 10.8 Å². The number of nitrogens with zero attached hydrogens (tertiary/aromatic N) is 4. The third-order valence-corrected chi connectivity index (χ3v) is 4.25. The lowest BCUT2D eigenvalue weighted by molar-refractivity contribution is -0.276. The van der Waals surface area contributed by atoms with Gasteiger partial charge in [-0.2, -0.15) is 28.2 Å². The summed E-state index contributed by atoms with van der Waals surface area (Å²) in [5, 5.41) is 5.68. The molecule has 16 heteroatoms. The van der Waals surface area contributed by atoms with Crippen LogP contribution in [0, 0.1) is 5.82 Å². The summed E-state index contributed by atoms with van der Waals surface area (Å²) in [7, 11) is 0. The van der Waals surface area contributed by atoms with Crippen molar-refractivity contribution in [3.8, 4) is 5.88 Å². The Morgan fingerprint density at radius 1 is 0.971 bits per heavy atom. The number of aromatic nitrogens is 3. The maximum atomic E-state index is 13.5. The largest absolute Gasteiger partial charge is 0.574 e. The van der Waals surface area contributed by atoms with E-state index in [0.29, 0.717) is 12.1 Å². The normalized spacial score (nSPS) is 12.1. The lowest BCUT2D eigenvalue weighted by Crippen LogP contribution is -2.17. The van der Waals surface area contributed by atoms with Crippen LogP contribution in [-0.4, -0.2) is 27.5 Å².